The molecule has 0 aliphatic carbocycles. The van der Waals surface area contributed by atoms with E-state index in [-0.39, 0.29) is 0 Å². The zero-order chi connectivity index (χ0) is 11.7. The maximum atomic E-state index is 6.14. The van der Waals surface area contributed by atoms with Gasteiger partial charge < -0.3 is 10.6 Å². The first-order valence-electron chi connectivity index (χ1n) is 5.92. The Balaban J connectivity index is 2.38. The predicted octanol–water partition coefficient (Wildman–Crippen LogP) is 3.72. The molecule has 0 radical (unpaired) electrons. The number of benzene rings is 1. The van der Waals surface area contributed by atoms with Crippen LogP contribution in [0.2, 0.25) is 0 Å². The Morgan fingerprint density at radius 3 is 2.75 bits per heavy atom. The lowest BCUT2D eigenvalue weighted by atomic mass is 10.0. The van der Waals surface area contributed by atoms with Crippen LogP contribution in [0.15, 0.2) is 16.6 Å². The van der Waals surface area contributed by atoms with Crippen LogP contribution in [0.5, 0.6) is 0 Å². The molecule has 1 saturated heterocycles. The van der Waals surface area contributed by atoms with Gasteiger partial charge in [-0.1, -0.05) is 0 Å². The van der Waals surface area contributed by atoms with Crippen LogP contribution < -0.4 is 10.6 Å². The van der Waals surface area contributed by atoms with Gasteiger partial charge in [0.05, 0.1) is 11.4 Å². The predicted molar refractivity (Wildman–Crippen MR) is 74.0 cm³/mol. The zero-order valence-electron chi connectivity index (χ0n) is 9.96. The Kier molecular flexibility index (Phi) is 3.43. The van der Waals surface area contributed by atoms with Gasteiger partial charge >= 0.3 is 0 Å². The smallest absolute Gasteiger partial charge is 0.0746 e. The summed E-state index contributed by atoms with van der Waals surface area (Å²) in [4.78, 5) is 2.43. The van der Waals surface area contributed by atoms with E-state index in [1.807, 2.05) is 0 Å². The molecular weight excluding hydrogens is 264 g/mol. The molecule has 1 fully saturated rings. The van der Waals surface area contributed by atoms with Gasteiger partial charge in [0.25, 0.3) is 0 Å². The minimum absolute atomic E-state index is 0.593. The van der Waals surface area contributed by atoms with Crippen LogP contribution in [0.1, 0.15) is 31.7 Å². The van der Waals surface area contributed by atoms with E-state index in [1.54, 1.807) is 0 Å². The van der Waals surface area contributed by atoms with Crippen molar-refractivity contribution in [3.63, 3.8) is 0 Å². The maximum absolute atomic E-state index is 6.14. The lowest BCUT2D eigenvalue weighted by Crippen LogP contribution is -2.38. The van der Waals surface area contributed by atoms with Gasteiger partial charge in [-0.3, -0.25) is 0 Å². The summed E-state index contributed by atoms with van der Waals surface area (Å²) in [5, 5.41) is 0. The first kappa shape index (κ1) is 11.8. The third kappa shape index (κ3) is 2.19. The Hall–Kier alpha value is -0.700. The van der Waals surface area contributed by atoms with Gasteiger partial charge in [0, 0.05) is 17.1 Å². The molecule has 2 rings (SSSR count). The molecule has 0 amide bonds. The molecule has 16 heavy (non-hydrogen) atoms. The molecule has 1 aromatic carbocycles. The standard InChI is InChI=1S/C13H19BrN2/c1-9-7-11(14)13(12(15)8-9)16-6-4-3-5-10(16)2/h7-8,10H,3-6,15H2,1-2H3. The molecule has 2 N–H and O–H groups in total. The largest absolute Gasteiger partial charge is 0.397 e. The van der Waals surface area contributed by atoms with Crippen molar-refractivity contribution in [1.29, 1.82) is 0 Å². The van der Waals surface area contributed by atoms with Crippen molar-refractivity contribution in [1.82, 2.24) is 0 Å². The molecule has 1 heterocycles. The second-order valence-electron chi connectivity index (χ2n) is 4.72. The van der Waals surface area contributed by atoms with E-state index in [1.165, 1.54) is 30.5 Å². The third-order valence-corrected chi connectivity index (χ3v) is 3.93. The number of hydrogen-bond acceptors (Lipinski definition) is 2. The van der Waals surface area contributed by atoms with E-state index in [4.69, 9.17) is 5.73 Å². The topological polar surface area (TPSA) is 29.3 Å². The van der Waals surface area contributed by atoms with E-state index in [0.29, 0.717) is 6.04 Å². The van der Waals surface area contributed by atoms with Gasteiger partial charge in [0.1, 0.15) is 0 Å². The molecule has 1 aromatic rings. The Bertz CT molecular complexity index is 367. The van der Waals surface area contributed by atoms with Crippen LogP contribution >= 0.6 is 15.9 Å². The molecule has 1 aliphatic heterocycles. The van der Waals surface area contributed by atoms with Crippen molar-refractivity contribution in [3.8, 4) is 0 Å². The Morgan fingerprint density at radius 2 is 2.12 bits per heavy atom. The highest BCUT2D eigenvalue weighted by molar-refractivity contribution is 9.10. The van der Waals surface area contributed by atoms with Gasteiger partial charge in [-0.25, -0.2) is 0 Å². The van der Waals surface area contributed by atoms with Crippen LogP contribution in [0, 0.1) is 6.92 Å². The van der Waals surface area contributed by atoms with Crippen molar-refractivity contribution in [2.45, 2.75) is 39.2 Å². The van der Waals surface area contributed by atoms with Gasteiger partial charge in [-0.05, 0) is 66.7 Å². The van der Waals surface area contributed by atoms with Crippen molar-refractivity contribution < 1.29 is 0 Å². The normalized spacial score (nSPS) is 21.2. The van der Waals surface area contributed by atoms with Crippen LogP contribution in [0.3, 0.4) is 0 Å². The molecule has 2 nitrogen and oxygen atoms in total. The number of nitrogens with two attached hydrogens (primary N) is 1. The lowest BCUT2D eigenvalue weighted by Gasteiger charge is -2.36. The van der Waals surface area contributed by atoms with Crippen LogP contribution in [-0.2, 0) is 0 Å². The van der Waals surface area contributed by atoms with Gasteiger partial charge in [-0.15, -0.1) is 0 Å². The average molecular weight is 283 g/mol. The third-order valence-electron chi connectivity index (χ3n) is 3.33. The van der Waals surface area contributed by atoms with E-state index < -0.39 is 0 Å². The number of rotatable bonds is 1. The Labute approximate surface area is 106 Å². The fraction of sp³-hybridized carbons (Fsp3) is 0.538. The molecule has 3 heteroatoms. The number of anilines is 2. The van der Waals surface area contributed by atoms with Crippen molar-refractivity contribution in [3.05, 3.63) is 22.2 Å². The molecule has 1 atom stereocenters. The fourth-order valence-electron chi connectivity index (χ4n) is 2.49. The number of hydrogen-bond donors (Lipinski definition) is 1. The Morgan fingerprint density at radius 1 is 1.38 bits per heavy atom. The van der Waals surface area contributed by atoms with Crippen molar-refractivity contribution in [2.24, 2.45) is 0 Å². The molecule has 88 valence electrons. The summed E-state index contributed by atoms with van der Waals surface area (Å²) < 4.78 is 1.12. The molecule has 0 bridgehead atoms. The summed E-state index contributed by atoms with van der Waals surface area (Å²) in [5.41, 5.74) is 9.42. The molecule has 1 aliphatic rings. The highest BCUT2D eigenvalue weighted by Gasteiger charge is 2.22. The second kappa shape index (κ2) is 4.66. The average Bonchev–Trinajstić information content (AvgIpc) is 2.19. The highest BCUT2D eigenvalue weighted by Crippen LogP contribution is 2.37. The molecule has 1 unspecified atom stereocenters. The number of aryl methyl sites for hydroxylation is 1. The van der Waals surface area contributed by atoms with Crippen molar-refractivity contribution >= 4 is 27.3 Å². The summed E-state index contributed by atoms with van der Waals surface area (Å²) >= 11 is 3.64. The number of halogens is 1. The molecular formula is C13H19BrN2. The van der Waals surface area contributed by atoms with Crippen LogP contribution in [0.4, 0.5) is 11.4 Å². The van der Waals surface area contributed by atoms with Gasteiger partial charge in [0.2, 0.25) is 0 Å². The molecule has 0 spiro atoms. The number of piperidine rings is 1. The summed E-state index contributed by atoms with van der Waals surface area (Å²) in [5.74, 6) is 0. The minimum atomic E-state index is 0.593. The molecule has 0 aromatic heterocycles. The summed E-state index contributed by atoms with van der Waals surface area (Å²) in [6.45, 7) is 5.47. The summed E-state index contributed by atoms with van der Waals surface area (Å²) in [7, 11) is 0. The maximum Gasteiger partial charge on any atom is 0.0746 e. The first-order chi connectivity index (χ1) is 7.59. The summed E-state index contributed by atoms with van der Waals surface area (Å²) in [6.07, 6.45) is 3.87. The quantitative estimate of drug-likeness (QED) is 0.796. The highest BCUT2D eigenvalue weighted by atomic mass is 79.9. The first-order valence-corrected chi connectivity index (χ1v) is 6.71. The number of nitrogen functional groups attached to an aromatic ring is 1. The van der Waals surface area contributed by atoms with Crippen LogP contribution in [0.25, 0.3) is 0 Å². The second-order valence-corrected chi connectivity index (χ2v) is 5.58. The molecule has 0 saturated carbocycles. The van der Waals surface area contributed by atoms with Crippen molar-refractivity contribution in [2.75, 3.05) is 17.2 Å². The van der Waals surface area contributed by atoms with E-state index in [0.717, 1.165) is 16.7 Å². The van der Waals surface area contributed by atoms with Gasteiger partial charge in [-0.2, -0.15) is 0 Å². The number of nitrogens with zero attached hydrogens (tertiary/aromatic N) is 1. The zero-order valence-corrected chi connectivity index (χ0v) is 11.5. The van der Waals surface area contributed by atoms with E-state index >= 15 is 0 Å². The van der Waals surface area contributed by atoms with Crippen LogP contribution in [-0.4, -0.2) is 12.6 Å². The monoisotopic (exact) mass is 282 g/mol. The SMILES string of the molecule is Cc1cc(N)c(N2CCCCC2C)c(Br)c1. The van der Waals surface area contributed by atoms with E-state index in [2.05, 4.69) is 46.8 Å². The fourth-order valence-corrected chi connectivity index (χ4v) is 3.31. The summed E-state index contributed by atoms with van der Waals surface area (Å²) in [6, 6.07) is 4.80. The minimum Gasteiger partial charge on any atom is -0.397 e. The lowest BCUT2D eigenvalue weighted by molar-refractivity contribution is 0.485. The van der Waals surface area contributed by atoms with Gasteiger partial charge in [0.15, 0.2) is 0 Å². The van der Waals surface area contributed by atoms with E-state index in [9.17, 15) is 0 Å².